The van der Waals surface area contributed by atoms with Gasteiger partial charge in [0.05, 0.1) is 31.3 Å². The summed E-state index contributed by atoms with van der Waals surface area (Å²) in [7, 11) is 0. The highest BCUT2D eigenvalue weighted by Gasteiger charge is 2.71. The molecular formula is C23H31ClO6. The number of ketones is 2. The van der Waals surface area contributed by atoms with Gasteiger partial charge < -0.3 is 20.1 Å². The summed E-state index contributed by atoms with van der Waals surface area (Å²) in [6, 6.07) is 0. The van der Waals surface area contributed by atoms with Crippen LogP contribution in [0.4, 0.5) is 0 Å². The second kappa shape index (κ2) is 7.52. The number of Topliss-reactive ketones (excluding diaryl/α,β-unsaturated/α-hetero) is 1. The molecule has 3 N–H and O–H groups in total. The molecule has 4 rings (SSSR count). The van der Waals surface area contributed by atoms with Crippen LogP contribution in [0.1, 0.15) is 39.5 Å². The number of alkyl halides is 1. The highest BCUT2D eigenvalue weighted by molar-refractivity contribution is 6.29. The van der Waals surface area contributed by atoms with Gasteiger partial charge >= 0.3 is 0 Å². The van der Waals surface area contributed by atoms with E-state index in [1.807, 2.05) is 13.0 Å². The number of aliphatic hydroxyl groups excluding tert-OH is 2. The van der Waals surface area contributed by atoms with E-state index in [-0.39, 0.29) is 49.1 Å². The van der Waals surface area contributed by atoms with E-state index >= 15 is 0 Å². The van der Waals surface area contributed by atoms with E-state index in [0.29, 0.717) is 6.42 Å². The Hall–Kier alpha value is -1.05. The Bertz CT molecular complexity index is 808. The van der Waals surface area contributed by atoms with Gasteiger partial charge in [-0.2, -0.15) is 0 Å². The van der Waals surface area contributed by atoms with Gasteiger partial charge in [-0.05, 0) is 49.7 Å². The van der Waals surface area contributed by atoms with Crippen LogP contribution in [0.25, 0.3) is 0 Å². The first-order valence-electron chi connectivity index (χ1n) is 10.8. The Balaban J connectivity index is 1.76. The predicted molar refractivity (Wildman–Crippen MR) is 111 cm³/mol. The smallest absolute Gasteiger partial charge is 0.182 e. The maximum Gasteiger partial charge on any atom is 0.182 e. The molecule has 4 aliphatic rings. The summed E-state index contributed by atoms with van der Waals surface area (Å²) in [4.78, 5) is 24.8. The summed E-state index contributed by atoms with van der Waals surface area (Å²) in [6.45, 7) is 3.77. The van der Waals surface area contributed by atoms with Crippen molar-refractivity contribution in [3.8, 4) is 0 Å². The van der Waals surface area contributed by atoms with Gasteiger partial charge in [-0.1, -0.05) is 25.5 Å². The van der Waals surface area contributed by atoms with Crippen LogP contribution in [0.15, 0.2) is 23.8 Å². The SMILES string of the molecule is C[C@]12C=CC(=O)C=C1CC[C@@H]1[C@@H]2C(O)C[C@@]2(C)[C@H]1CC(OCCO)[C@]2(O)C(=O)CCl. The molecule has 2 unspecified atom stereocenters. The largest absolute Gasteiger partial charge is 0.394 e. The zero-order valence-electron chi connectivity index (χ0n) is 17.5. The lowest BCUT2D eigenvalue weighted by Gasteiger charge is -2.59. The average Bonchev–Trinajstić information content (AvgIpc) is 2.93. The number of aliphatic hydroxyl groups is 3. The molecule has 0 aromatic carbocycles. The van der Waals surface area contributed by atoms with Gasteiger partial charge in [0.1, 0.15) is 0 Å². The number of hydrogen-bond donors (Lipinski definition) is 3. The number of halogens is 1. The van der Waals surface area contributed by atoms with E-state index in [1.165, 1.54) is 0 Å². The fourth-order valence-electron chi connectivity index (χ4n) is 7.30. The number of carbonyl (C=O) groups is 2. The van der Waals surface area contributed by atoms with Crippen molar-refractivity contribution in [2.45, 2.75) is 57.3 Å². The van der Waals surface area contributed by atoms with Gasteiger partial charge in [0.25, 0.3) is 0 Å². The zero-order valence-corrected chi connectivity index (χ0v) is 18.3. The number of ether oxygens (including phenoxy) is 1. The quantitative estimate of drug-likeness (QED) is 0.565. The molecule has 0 aromatic rings. The van der Waals surface area contributed by atoms with Crippen LogP contribution in [0.3, 0.4) is 0 Å². The van der Waals surface area contributed by atoms with Gasteiger partial charge in [-0.3, -0.25) is 9.59 Å². The van der Waals surface area contributed by atoms with E-state index in [2.05, 4.69) is 6.92 Å². The van der Waals surface area contributed by atoms with Crippen molar-refractivity contribution in [2.75, 3.05) is 19.1 Å². The summed E-state index contributed by atoms with van der Waals surface area (Å²) in [5, 5.41) is 32.3. The average molecular weight is 439 g/mol. The van der Waals surface area contributed by atoms with Crippen molar-refractivity contribution in [2.24, 2.45) is 28.6 Å². The van der Waals surface area contributed by atoms with Crippen molar-refractivity contribution in [1.82, 2.24) is 0 Å². The molecule has 3 saturated carbocycles. The van der Waals surface area contributed by atoms with Crippen LogP contribution < -0.4 is 0 Å². The molecule has 7 heteroatoms. The third-order valence-electron chi connectivity index (χ3n) is 8.65. The molecule has 30 heavy (non-hydrogen) atoms. The molecule has 0 aromatic heterocycles. The molecule has 0 aliphatic heterocycles. The normalized spacial score (nSPS) is 47.3. The van der Waals surface area contributed by atoms with E-state index in [1.54, 1.807) is 12.2 Å². The maximum absolute atomic E-state index is 12.9. The Morgan fingerprint density at radius 1 is 1.37 bits per heavy atom. The molecule has 0 heterocycles. The van der Waals surface area contributed by atoms with Crippen molar-refractivity contribution in [1.29, 1.82) is 0 Å². The fraction of sp³-hybridized carbons (Fsp3) is 0.739. The van der Waals surface area contributed by atoms with E-state index in [0.717, 1.165) is 18.4 Å². The lowest BCUT2D eigenvalue weighted by atomic mass is 9.46. The zero-order chi connectivity index (χ0) is 21.9. The topological polar surface area (TPSA) is 104 Å². The van der Waals surface area contributed by atoms with Crippen LogP contribution >= 0.6 is 11.6 Å². The van der Waals surface area contributed by atoms with Crippen molar-refractivity contribution < 1.29 is 29.6 Å². The molecule has 6 nitrogen and oxygen atoms in total. The van der Waals surface area contributed by atoms with Crippen molar-refractivity contribution >= 4 is 23.2 Å². The highest BCUT2D eigenvalue weighted by Crippen LogP contribution is 2.67. The minimum absolute atomic E-state index is 0.0171. The van der Waals surface area contributed by atoms with Gasteiger partial charge in [0.2, 0.25) is 0 Å². The third-order valence-corrected chi connectivity index (χ3v) is 8.89. The number of fused-ring (bicyclic) bond motifs is 5. The lowest BCUT2D eigenvalue weighted by Crippen LogP contribution is -2.63. The van der Waals surface area contributed by atoms with E-state index in [9.17, 15) is 24.9 Å². The summed E-state index contributed by atoms with van der Waals surface area (Å²) in [5.74, 6) is -0.929. The summed E-state index contributed by atoms with van der Waals surface area (Å²) in [6.07, 6.45) is 5.95. The molecular weight excluding hydrogens is 408 g/mol. The van der Waals surface area contributed by atoms with Gasteiger partial charge in [-0.25, -0.2) is 0 Å². The molecule has 0 spiro atoms. The van der Waals surface area contributed by atoms with Crippen molar-refractivity contribution in [3.63, 3.8) is 0 Å². The van der Waals surface area contributed by atoms with E-state index < -0.39 is 34.4 Å². The van der Waals surface area contributed by atoms with Gasteiger partial charge in [0, 0.05) is 16.7 Å². The van der Waals surface area contributed by atoms with Gasteiger partial charge in [-0.15, -0.1) is 11.6 Å². The molecule has 4 aliphatic carbocycles. The third kappa shape index (κ3) is 2.84. The monoisotopic (exact) mass is 438 g/mol. The first-order valence-corrected chi connectivity index (χ1v) is 11.3. The summed E-state index contributed by atoms with van der Waals surface area (Å²) in [5.41, 5.74) is -2.06. The predicted octanol–water partition coefficient (Wildman–Crippen LogP) is 1.79. The molecule has 0 bridgehead atoms. The molecule has 8 atom stereocenters. The standard InChI is InChI=1S/C23H31ClO6/c1-21-6-5-14(26)9-13(21)3-4-15-16-10-19(30-8-7-25)23(29,18(28)12-24)22(16,2)11-17(27)20(15)21/h5-6,9,15-17,19-20,25,27,29H,3-4,7-8,10-12H2,1-2H3/t15-,16-,17?,19?,20+,21-,22-,23+/m0/s1. The fourth-order valence-corrected chi connectivity index (χ4v) is 7.50. The molecule has 0 saturated heterocycles. The Kier molecular flexibility index (Phi) is 5.55. The Labute approximate surface area is 181 Å². The van der Waals surface area contributed by atoms with Crippen LogP contribution in [0.2, 0.25) is 0 Å². The first-order chi connectivity index (χ1) is 14.1. The number of rotatable bonds is 5. The first kappa shape index (κ1) is 22.2. The van der Waals surface area contributed by atoms with Gasteiger partial charge in [0.15, 0.2) is 17.2 Å². The molecule has 0 radical (unpaired) electrons. The summed E-state index contributed by atoms with van der Waals surface area (Å²) < 4.78 is 5.78. The minimum Gasteiger partial charge on any atom is -0.394 e. The van der Waals surface area contributed by atoms with Crippen LogP contribution in [-0.2, 0) is 14.3 Å². The van der Waals surface area contributed by atoms with Crippen molar-refractivity contribution in [3.05, 3.63) is 23.8 Å². The second-order valence-electron chi connectivity index (χ2n) is 9.85. The van der Waals surface area contributed by atoms with Crippen LogP contribution in [-0.4, -0.2) is 63.8 Å². The Morgan fingerprint density at radius 2 is 2.10 bits per heavy atom. The van der Waals surface area contributed by atoms with E-state index in [4.69, 9.17) is 16.3 Å². The molecule has 0 amide bonds. The van der Waals surface area contributed by atoms with Crippen LogP contribution in [0, 0.1) is 28.6 Å². The highest BCUT2D eigenvalue weighted by atomic mass is 35.5. The Morgan fingerprint density at radius 3 is 2.77 bits per heavy atom. The maximum atomic E-state index is 12.9. The molecule has 166 valence electrons. The number of allylic oxidation sites excluding steroid dienone is 4. The van der Waals surface area contributed by atoms with Crippen LogP contribution in [0.5, 0.6) is 0 Å². The summed E-state index contributed by atoms with van der Waals surface area (Å²) >= 11 is 5.89. The molecule has 3 fully saturated rings. The number of carbonyl (C=O) groups excluding carboxylic acids is 2. The second-order valence-corrected chi connectivity index (χ2v) is 10.1. The minimum atomic E-state index is -1.81. The lowest BCUT2D eigenvalue weighted by molar-refractivity contribution is -0.192. The number of hydrogen-bond acceptors (Lipinski definition) is 6.